The lowest BCUT2D eigenvalue weighted by Crippen LogP contribution is -2.08. The molecule has 1 heterocycles. The molecular weight excluding hydrogens is 202 g/mol. The van der Waals surface area contributed by atoms with Crippen LogP contribution < -0.4 is 5.73 Å². The Balaban J connectivity index is 1.84. The Morgan fingerprint density at radius 2 is 2.31 bits per heavy atom. The van der Waals surface area contributed by atoms with E-state index < -0.39 is 0 Å². The van der Waals surface area contributed by atoms with E-state index in [1.54, 1.807) is 11.3 Å². The molecule has 72 valence electrons. The third-order valence-corrected chi connectivity index (χ3v) is 3.91. The first kappa shape index (κ1) is 9.50. The molecule has 1 fully saturated rings. The van der Waals surface area contributed by atoms with Gasteiger partial charge >= 0.3 is 0 Å². The van der Waals surface area contributed by atoms with Gasteiger partial charge in [-0.05, 0) is 30.9 Å². The Morgan fingerprint density at radius 1 is 1.54 bits per heavy atom. The van der Waals surface area contributed by atoms with Gasteiger partial charge in [0.25, 0.3) is 0 Å². The Kier molecular flexibility index (Phi) is 2.92. The Labute approximate surface area is 87.9 Å². The zero-order valence-electron chi connectivity index (χ0n) is 7.50. The van der Waals surface area contributed by atoms with E-state index in [9.17, 15) is 0 Å². The van der Waals surface area contributed by atoms with Crippen LogP contribution in [0.2, 0.25) is 4.34 Å². The minimum absolute atomic E-state index is 0.207. The van der Waals surface area contributed by atoms with Gasteiger partial charge in [0.2, 0.25) is 0 Å². The fraction of sp³-hybridized carbons (Fsp3) is 0.600. The van der Waals surface area contributed by atoms with E-state index in [0.29, 0.717) is 0 Å². The fourth-order valence-electron chi connectivity index (χ4n) is 1.49. The van der Waals surface area contributed by atoms with E-state index in [-0.39, 0.29) is 6.04 Å². The van der Waals surface area contributed by atoms with Gasteiger partial charge in [-0.3, -0.25) is 0 Å². The standard InChI is InChI=1S/C10H14ClNS/c11-10-6-5-9(13-10)8(12)4-3-7-1-2-7/h5-8H,1-4,12H2. The molecule has 1 aliphatic carbocycles. The highest BCUT2D eigenvalue weighted by molar-refractivity contribution is 7.16. The molecule has 1 aromatic rings. The van der Waals surface area contributed by atoms with Crippen molar-refractivity contribution in [1.29, 1.82) is 0 Å². The van der Waals surface area contributed by atoms with Gasteiger partial charge in [-0.15, -0.1) is 11.3 Å². The molecular formula is C10H14ClNS. The molecule has 0 spiro atoms. The first-order chi connectivity index (χ1) is 6.25. The molecule has 0 bridgehead atoms. The van der Waals surface area contributed by atoms with Crippen molar-refractivity contribution in [2.75, 3.05) is 0 Å². The van der Waals surface area contributed by atoms with Gasteiger partial charge in [0.15, 0.2) is 0 Å². The Hall–Kier alpha value is -0.0500. The van der Waals surface area contributed by atoms with Crippen molar-refractivity contribution in [3.8, 4) is 0 Å². The predicted molar refractivity (Wildman–Crippen MR) is 58.2 cm³/mol. The molecule has 13 heavy (non-hydrogen) atoms. The van der Waals surface area contributed by atoms with Crippen molar-refractivity contribution >= 4 is 22.9 Å². The van der Waals surface area contributed by atoms with Crippen LogP contribution in [0.1, 0.15) is 36.6 Å². The van der Waals surface area contributed by atoms with E-state index in [4.69, 9.17) is 17.3 Å². The second-order valence-corrected chi connectivity index (χ2v) is 5.52. The van der Waals surface area contributed by atoms with Crippen LogP contribution in [0.4, 0.5) is 0 Å². The van der Waals surface area contributed by atoms with Crippen LogP contribution >= 0.6 is 22.9 Å². The zero-order chi connectivity index (χ0) is 9.26. The average Bonchev–Trinajstić information content (AvgIpc) is 2.84. The first-order valence-electron chi connectivity index (χ1n) is 4.76. The molecule has 0 aromatic carbocycles. The summed E-state index contributed by atoms with van der Waals surface area (Å²) in [6.07, 6.45) is 5.23. The zero-order valence-corrected chi connectivity index (χ0v) is 9.07. The Morgan fingerprint density at radius 3 is 2.85 bits per heavy atom. The van der Waals surface area contributed by atoms with E-state index in [1.165, 1.54) is 24.1 Å². The summed E-state index contributed by atoms with van der Waals surface area (Å²) in [6.45, 7) is 0. The van der Waals surface area contributed by atoms with Crippen molar-refractivity contribution in [3.05, 3.63) is 21.3 Å². The number of hydrogen-bond donors (Lipinski definition) is 1. The van der Waals surface area contributed by atoms with Crippen molar-refractivity contribution < 1.29 is 0 Å². The number of nitrogens with two attached hydrogens (primary N) is 1. The van der Waals surface area contributed by atoms with Gasteiger partial charge in [0.1, 0.15) is 0 Å². The predicted octanol–water partition coefficient (Wildman–Crippen LogP) is 3.59. The maximum absolute atomic E-state index is 6.04. The molecule has 2 N–H and O–H groups in total. The highest BCUT2D eigenvalue weighted by Gasteiger charge is 2.22. The molecule has 1 unspecified atom stereocenters. The van der Waals surface area contributed by atoms with Gasteiger partial charge < -0.3 is 5.73 Å². The van der Waals surface area contributed by atoms with E-state index in [2.05, 4.69) is 0 Å². The number of rotatable bonds is 4. The van der Waals surface area contributed by atoms with Crippen molar-refractivity contribution in [2.45, 2.75) is 31.7 Å². The van der Waals surface area contributed by atoms with Gasteiger partial charge in [-0.2, -0.15) is 0 Å². The van der Waals surface area contributed by atoms with Crippen LogP contribution in [0.3, 0.4) is 0 Å². The summed E-state index contributed by atoms with van der Waals surface area (Å²) >= 11 is 7.45. The maximum Gasteiger partial charge on any atom is 0.0931 e. The molecule has 0 amide bonds. The lowest BCUT2D eigenvalue weighted by molar-refractivity contribution is 0.581. The smallest absolute Gasteiger partial charge is 0.0931 e. The van der Waals surface area contributed by atoms with Crippen molar-refractivity contribution in [1.82, 2.24) is 0 Å². The van der Waals surface area contributed by atoms with E-state index >= 15 is 0 Å². The minimum Gasteiger partial charge on any atom is -0.323 e. The summed E-state index contributed by atoms with van der Waals surface area (Å²) < 4.78 is 0.844. The normalized spacial score (nSPS) is 18.9. The Bertz CT molecular complexity index is 280. The summed E-state index contributed by atoms with van der Waals surface area (Å²) in [4.78, 5) is 1.23. The number of halogens is 1. The van der Waals surface area contributed by atoms with Crippen LogP contribution in [-0.4, -0.2) is 0 Å². The first-order valence-corrected chi connectivity index (χ1v) is 5.96. The third-order valence-electron chi connectivity index (χ3n) is 2.54. The van der Waals surface area contributed by atoms with Crippen LogP contribution in [0.15, 0.2) is 12.1 Å². The monoisotopic (exact) mass is 215 g/mol. The number of hydrogen-bond acceptors (Lipinski definition) is 2. The molecule has 0 saturated heterocycles. The van der Waals surface area contributed by atoms with Crippen LogP contribution in [0.25, 0.3) is 0 Å². The van der Waals surface area contributed by atoms with Crippen molar-refractivity contribution in [3.63, 3.8) is 0 Å². The lowest BCUT2D eigenvalue weighted by atomic mass is 10.1. The van der Waals surface area contributed by atoms with Crippen LogP contribution in [0, 0.1) is 5.92 Å². The summed E-state index contributed by atoms with van der Waals surface area (Å²) in [5.74, 6) is 0.974. The number of thiophene rings is 1. The van der Waals surface area contributed by atoms with Gasteiger partial charge in [0.05, 0.1) is 4.34 Å². The molecule has 1 atom stereocenters. The molecule has 1 aromatic heterocycles. The van der Waals surface area contributed by atoms with E-state index in [0.717, 1.165) is 16.7 Å². The minimum atomic E-state index is 0.207. The average molecular weight is 216 g/mol. The largest absolute Gasteiger partial charge is 0.323 e. The van der Waals surface area contributed by atoms with E-state index in [1.807, 2.05) is 12.1 Å². The van der Waals surface area contributed by atoms with Gasteiger partial charge in [-0.25, -0.2) is 0 Å². The van der Waals surface area contributed by atoms with Gasteiger partial charge in [-0.1, -0.05) is 24.4 Å². The molecule has 2 rings (SSSR count). The van der Waals surface area contributed by atoms with Gasteiger partial charge in [0, 0.05) is 10.9 Å². The lowest BCUT2D eigenvalue weighted by Gasteiger charge is -2.07. The molecule has 1 aliphatic rings. The third kappa shape index (κ3) is 2.70. The quantitative estimate of drug-likeness (QED) is 0.816. The summed E-state index contributed by atoms with van der Waals surface area (Å²) in [6, 6.07) is 4.18. The maximum atomic E-state index is 6.04. The molecule has 0 aliphatic heterocycles. The summed E-state index contributed by atoms with van der Waals surface area (Å²) in [5, 5.41) is 0. The molecule has 1 saturated carbocycles. The molecule has 3 heteroatoms. The van der Waals surface area contributed by atoms with Crippen LogP contribution in [-0.2, 0) is 0 Å². The topological polar surface area (TPSA) is 26.0 Å². The van der Waals surface area contributed by atoms with Crippen molar-refractivity contribution in [2.24, 2.45) is 11.7 Å². The molecule has 1 nitrogen and oxygen atoms in total. The second-order valence-electron chi connectivity index (χ2n) is 3.77. The summed E-state index contributed by atoms with van der Waals surface area (Å²) in [5.41, 5.74) is 6.04. The SMILES string of the molecule is NC(CCC1CC1)c1ccc(Cl)s1. The van der Waals surface area contributed by atoms with Crippen LogP contribution in [0.5, 0.6) is 0 Å². The molecule has 0 radical (unpaired) electrons. The summed E-state index contributed by atoms with van der Waals surface area (Å²) in [7, 11) is 0. The highest BCUT2D eigenvalue weighted by atomic mass is 35.5. The highest BCUT2D eigenvalue weighted by Crippen LogP contribution is 2.36. The fourth-order valence-corrected chi connectivity index (χ4v) is 2.59. The second kappa shape index (κ2) is 3.99.